The van der Waals surface area contributed by atoms with Gasteiger partial charge >= 0.3 is 0 Å². The van der Waals surface area contributed by atoms with Crippen LogP contribution < -0.4 is 20.1 Å². The van der Waals surface area contributed by atoms with E-state index < -0.39 is 0 Å². The predicted octanol–water partition coefficient (Wildman–Crippen LogP) is 2.45. The van der Waals surface area contributed by atoms with Crippen LogP contribution in [-0.4, -0.2) is 32.1 Å². The Morgan fingerprint density at radius 3 is 2.18 bits per heavy atom. The number of nitrogens with one attached hydrogen (secondary N) is 2. The largest absolute Gasteiger partial charge is 0.497 e. The van der Waals surface area contributed by atoms with Crippen LogP contribution in [0.25, 0.3) is 0 Å². The number of ether oxygens (including phenoxy) is 2. The van der Waals surface area contributed by atoms with E-state index in [4.69, 9.17) is 9.47 Å². The zero-order valence-electron chi connectivity index (χ0n) is 16.2. The lowest BCUT2D eigenvalue weighted by Gasteiger charge is -2.09. The summed E-state index contributed by atoms with van der Waals surface area (Å²) in [6.45, 7) is 3.28. The fourth-order valence-corrected chi connectivity index (χ4v) is 2.95. The molecular formula is C22H26N2O4. The summed E-state index contributed by atoms with van der Waals surface area (Å²) in [6, 6.07) is 15.3. The number of benzene rings is 2. The van der Waals surface area contributed by atoms with Gasteiger partial charge < -0.3 is 20.1 Å². The van der Waals surface area contributed by atoms with E-state index in [1.54, 1.807) is 7.11 Å². The number of methoxy groups -OCH3 is 1. The molecule has 2 aromatic rings. The van der Waals surface area contributed by atoms with E-state index in [2.05, 4.69) is 10.6 Å². The normalized spacial score (nSPS) is 17.5. The van der Waals surface area contributed by atoms with Gasteiger partial charge in [-0.15, -0.1) is 0 Å². The first kappa shape index (κ1) is 19.7. The molecule has 1 saturated carbocycles. The van der Waals surface area contributed by atoms with Crippen LogP contribution in [0.15, 0.2) is 48.5 Å². The Hall–Kier alpha value is -3.02. The van der Waals surface area contributed by atoms with E-state index in [0.29, 0.717) is 26.1 Å². The number of rotatable bonds is 9. The predicted molar refractivity (Wildman–Crippen MR) is 106 cm³/mol. The monoisotopic (exact) mass is 382 g/mol. The van der Waals surface area contributed by atoms with Gasteiger partial charge in [0.15, 0.2) is 0 Å². The molecule has 0 aliphatic heterocycles. The second kappa shape index (κ2) is 9.26. The third kappa shape index (κ3) is 5.49. The lowest BCUT2D eigenvalue weighted by Crippen LogP contribution is -2.32. The molecule has 148 valence electrons. The quantitative estimate of drug-likeness (QED) is 0.653. The van der Waals surface area contributed by atoms with Crippen LogP contribution in [0.5, 0.6) is 11.5 Å². The van der Waals surface area contributed by atoms with Crippen LogP contribution in [0.1, 0.15) is 17.5 Å². The van der Waals surface area contributed by atoms with E-state index in [9.17, 15) is 9.59 Å². The summed E-state index contributed by atoms with van der Waals surface area (Å²) < 4.78 is 10.7. The highest BCUT2D eigenvalue weighted by Crippen LogP contribution is 2.38. The maximum Gasteiger partial charge on any atom is 0.224 e. The molecule has 2 unspecified atom stereocenters. The van der Waals surface area contributed by atoms with Gasteiger partial charge in [0.05, 0.1) is 25.5 Å². The summed E-state index contributed by atoms with van der Waals surface area (Å²) in [5.41, 5.74) is 2.24. The van der Waals surface area contributed by atoms with Gasteiger partial charge in [0.25, 0.3) is 0 Å². The fourth-order valence-electron chi connectivity index (χ4n) is 2.95. The van der Waals surface area contributed by atoms with Crippen molar-refractivity contribution in [3.63, 3.8) is 0 Å². The van der Waals surface area contributed by atoms with Gasteiger partial charge in [-0.25, -0.2) is 0 Å². The molecule has 0 aromatic heterocycles. The summed E-state index contributed by atoms with van der Waals surface area (Å²) in [6.07, 6.45) is 0.602. The minimum atomic E-state index is -0.237. The second-order valence-electron chi connectivity index (χ2n) is 6.97. The summed E-state index contributed by atoms with van der Waals surface area (Å²) in [5, 5.41) is 5.74. The molecular weight excluding hydrogens is 356 g/mol. The molecule has 1 fully saturated rings. The van der Waals surface area contributed by atoms with Crippen LogP contribution in [0.4, 0.5) is 0 Å². The van der Waals surface area contributed by atoms with E-state index in [0.717, 1.165) is 17.1 Å². The number of hydrogen-bond acceptors (Lipinski definition) is 4. The molecule has 2 amide bonds. The highest BCUT2D eigenvalue weighted by Gasteiger charge is 2.47. The molecule has 0 bridgehead atoms. The number of hydrogen-bond donors (Lipinski definition) is 2. The van der Waals surface area contributed by atoms with Gasteiger partial charge in [-0.1, -0.05) is 29.8 Å². The number of amides is 2. The van der Waals surface area contributed by atoms with Gasteiger partial charge in [0, 0.05) is 6.54 Å². The Balaban J connectivity index is 1.32. The van der Waals surface area contributed by atoms with Crippen molar-refractivity contribution < 1.29 is 19.1 Å². The molecule has 6 nitrogen and oxygen atoms in total. The third-order valence-corrected chi connectivity index (χ3v) is 4.78. The average Bonchev–Trinajstić information content (AvgIpc) is 3.52. The van der Waals surface area contributed by atoms with Crippen LogP contribution in [0.3, 0.4) is 0 Å². The second-order valence-corrected chi connectivity index (χ2v) is 6.97. The Bertz CT molecular complexity index is 802. The Labute approximate surface area is 165 Å². The molecule has 2 N–H and O–H groups in total. The van der Waals surface area contributed by atoms with Gasteiger partial charge in [-0.05, 0) is 43.2 Å². The first-order valence-corrected chi connectivity index (χ1v) is 9.44. The van der Waals surface area contributed by atoms with Crippen molar-refractivity contribution in [2.24, 2.45) is 11.8 Å². The van der Waals surface area contributed by atoms with Crippen molar-refractivity contribution in [1.29, 1.82) is 0 Å². The third-order valence-electron chi connectivity index (χ3n) is 4.78. The lowest BCUT2D eigenvalue weighted by molar-refractivity contribution is -0.127. The number of carbonyl (C=O) groups excluding carboxylic acids is 2. The molecule has 28 heavy (non-hydrogen) atoms. The average molecular weight is 382 g/mol. The SMILES string of the molecule is COc1ccc(OCCNC(=O)C2CC2C(=O)NCc2ccc(C)cc2)cc1. The van der Waals surface area contributed by atoms with Crippen LogP contribution in [-0.2, 0) is 16.1 Å². The molecule has 0 spiro atoms. The van der Waals surface area contributed by atoms with Crippen molar-refractivity contribution in [3.8, 4) is 11.5 Å². The van der Waals surface area contributed by atoms with Gasteiger partial charge in [-0.3, -0.25) is 9.59 Å². The maximum absolute atomic E-state index is 12.2. The first-order chi connectivity index (χ1) is 13.6. The molecule has 6 heteroatoms. The molecule has 2 aromatic carbocycles. The van der Waals surface area contributed by atoms with E-state index >= 15 is 0 Å². The molecule has 2 atom stereocenters. The summed E-state index contributed by atoms with van der Waals surface area (Å²) in [7, 11) is 1.61. The van der Waals surface area contributed by atoms with Crippen LogP contribution in [0.2, 0.25) is 0 Å². The standard InChI is InChI=1S/C22H26N2O4/c1-15-3-5-16(6-4-15)14-24-22(26)20-13-19(20)21(25)23-11-12-28-18-9-7-17(27-2)8-10-18/h3-10,19-20H,11-14H2,1-2H3,(H,23,25)(H,24,26). The van der Waals surface area contributed by atoms with E-state index in [1.807, 2.05) is 55.5 Å². The smallest absolute Gasteiger partial charge is 0.224 e. The van der Waals surface area contributed by atoms with Crippen molar-refractivity contribution >= 4 is 11.8 Å². The summed E-state index contributed by atoms with van der Waals surface area (Å²) >= 11 is 0. The zero-order valence-corrected chi connectivity index (χ0v) is 16.2. The van der Waals surface area contributed by atoms with Crippen molar-refractivity contribution in [2.45, 2.75) is 19.9 Å². The van der Waals surface area contributed by atoms with Gasteiger partial charge in [0.2, 0.25) is 11.8 Å². The zero-order chi connectivity index (χ0) is 19.9. The van der Waals surface area contributed by atoms with Crippen molar-refractivity contribution in [1.82, 2.24) is 10.6 Å². The van der Waals surface area contributed by atoms with Crippen LogP contribution >= 0.6 is 0 Å². The minimum absolute atomic E-state index is 0.0600. The Kier molecular flexibility index (Phi) is 6.53. The summed E-state index contributed by atoms with van der Waals surface area (Å²) in [5.74, 6) is 0.867. The lowest BCUT2D eigenvalue weighted by atomic mass is 10.1. The molecule has 0 saturated heterocycles. The molecule has 1 aliphatic carbocycles. The molecule has 0 radical (unpaired) electrons. The highest BCUT2D eigenvalue weighted by atomic mass is 16.5. The number of carbonyl (C=O) groups is 2. The minimum Gasteiger partial charge on any atom is -0.497 e. The Morgan fingerprint density at radius 1 is 0.929 bits per heavy atom. The van der Waals surface area contributed by atoms with Gasteiger partial charge in [-0.2, -0.15) is 0 Å². The maximum atomic E-state index is 12.2. The summed E-state index contributed by atoms with van der Waals surface area (Å²) in [4.78, 5) is 24.4. The van der Waals surface area contributed by atoms with Gasteiger partial charge in [0.1, 0.15) is 18.1 Å². The molecule has 3 rings (SSSR count). The van der Waals surface area contributed by atoms with E-state index in [1.165, 1.54) is 5.56 Å². The van der Waals surface area contributed by atoms with Crippen molar-refractivity contribution in [2.75, 3.05) is 20.3 Å². The van der Waals surface area contributed by atoms with Crippen LogP contribution in [0, 0.1) is 18.8 Å². The fraction of sp³-hybridized carbons (Fsp3) is 0.364. The molecule has 0 heterocycles. The highest BCUT2D eigenvalue weighted by molar-refractivity contribution is 5.92. The Morgan fingerprint density at radius 2 is 1.54 bits per heavy atom. The topological polar surface area (TPSA) is 76.7 Å². The van der Waals surface area contributed by atoms with Crippen molar-refractivity contribution in [3.05, 3.63) is 59.7 Å². The first-order valence-electron chi connectivity index (χ1n) is 9.44. The van der Waals surface area contributed by atoms with E-state index in [-0.39, 0.29) is 23.7 Å². The molecule has 1 aliphatic rings. The number of aryl methyl sites for hydroxylation is 1.